The van der Waals surface area contributed by atoms with Crippen molar-refractivity contribution in [2.45, 2.75) is 25.8 Å². The Balaban J connectivity index is 2.62. The van der Waals surface area contributed by atoms with Gasteiger partial charge in [-0.1, -0.05) is 29.3 Å². The molecule has 17 heavy (non-hydrogen) atoms. The van der Waals surface area contributed by atoms with Gasteiger partial charge >= 0.3 is 5.97 Å². The normalized spacial score (nSPS) is 12.2. The van der Waals surface area contributed by atoms with Gasteiger partial charge < -0.3 is 10.5 Å². The van der Waals surface area contributed by atoms with Crippen LogP contribution in [-0.4, -0.2) is 18.6 Å². The van der Waals surface area contributed by atoms with Crippen LogP contribution in [0.25, 0.3) is 0 Å². The van der Waals surface area contributed by atoms with Crippen LogP contribution in [-0.2, 0) is 16.0 Å². The Morgan fingerprint density at radius 1 is 1.41 bits per heavy atom. The molecule has 0 aromatic heterocycles. The molecule has 1 aromatic carbocycles. The van der Waals surface area contributed by atoms with Crippen LogP contribution >= 0.6 is 23.2 Å². The zero-order valence-electron chi connectivity index (χ0n) is 9.58. The van der Waals surface area contributed by atoms with Crippen molar-refractivity contribution in [1.29, 1.82) is 0 Å². The van der Waals surface area contributed by atoms with Crippen molar-refractivity contribution in [2.75, 3.05) is 6.61 Å². The SMILES string of the molecule is CCOC(=O)CC(N)Cc1c(Cl)cccc1Cl. The average Bonchev–Trinajstić information content (AvgIpc) is 2.24. The topological polar surface area (TPSA) is 52.3 Å². The molecule has 0 saturated heterocycles. The van der Waals surface area contributed by atoms with E-state index in [2.05, 4.69) is 0 Å². The van der Waals surface area contributed by atoms with Gasteiger partial charge in [-0.25, -0.2) is 0 Å². The molecule has 0 aliphatic heterocycles. The monoisotopic (exact) mass is 275 g/mol. The lowest BCUT2D eigenvalue weighted by molar-refractivity contribution is -0.143. The fourth-order valence-corrected chi connectivity index (χ4v) is 2.05. The molecular formula is C12H15Cl2NO2. The van der Waals surface area contributed by atoms with E-state index in [0.717, 1.165) is 5.56 Å². The minimum absolute atomic E-state index is 0.162. The van der Waals surface area contributed by atoms with Crippen molar-refractivity contribution >= 4 is 29.2 Å². The van der Waals surface area contributed by atoms with E-state index in [1.54, 1.807) is 25.1 Å². The number of halogens is 2. The number of hydrogen-bond donors (Lipinski definition) is 1. The van der Waals surface area contributed by atoms with Crippen LogP contribution < -0.4 is 5.73 Å². The summed E-state index contributed by atoms with van der Waals surface area (Å²) < 4.78 is 4.83. The second kappa shape index (κ2) is 6.84. The molecule has 0 bridgehead atoms. The number of carbonyl (C=O) groups excluding carboxylic acids is 1. The highest BCUT2D eigenvalue weighted by atomic mass is 35.5. The van der Waals surface area contributed by atoms with Gasteiger partial charge in [0.15, 0.2) is 0 Å². The summed E-state index contributed by atoms with van der Waals surface area (Å²) in [5, 5.41) is 1.13. The van der Waals surface area contributed by atoms with Crippen LogP contribution in [0.15, 0.2) is 18.2 Å². The van der Waals surface area contributed by atoms with Crippen LogP contribution in [0.1, 0.15) is 18.9 Å². The minimum Gasteiger partial charge on any atom is -0.466 e. The van der Waals surface area contributed by atoms with E-state index in [1.807, 2.05) is 0 Å². The first-order chi connectivity index (χ1) is 8.04. The summed E-state index contributed by atoms with van der Waals surface area (Å²) in [6, 6.07) is 4.93. The molecule has 1 unspecified atom stereocenters. The Morgan fingerprint density at radius 2 is 2.00 bits per heavy atom. The maximum absolute atomic E-state index is 11.2. The van der Waals surface area contributed by atoms with Gasteiger partial charge in [-0.2, -0.15) is 0 Å². The molecular weight excluding hydrogens is 261 g/mol. The number of carbonyl (C=O) groups is 1. The zero-order valence-corrected chi connectivity index (χ0v) is 11.1. The van der Waals surface area contributed by atoms with Crippen molar-refractivity contribution < 1.29 is 9.53 Å². The third-order valence-corrected chi connectivity index (χ3v) is 2.97. The molecule has 1 aromatic rings. The third-order valence-electron chi connectivity index (χ3n) is 2.26. The van der Waals surface area contributed by atoms with Crippen LogP contribution in [0.2, 0.25) is 10.0 Å². The Morgan fingerprint density at radius 3 is 2.53 bits per heavy atom. The minimum atomic E-state index is -0.341. The lowest BCUT2D eigenvalue weighted by Crippen LogP contribution is -2.27. The predicted molar refractivity (Wildman–Crippen MR) is 69.4 cm³/mol. The van der Waals surface area contributed by atoms with Gasteiger partial charge in [0.2, 0.25) is 0 Å². The lowest BCUT2D eigenvalue weighted by Gasteiger charge is -2.13. The maximum Gasteiger partial charge on any atom is 0.307 e. The molecule has 0 aliphatic rings. The number of ether oxygens (including phenoxy) is 1. The Kier molecular flexibility index (Phi) is 5.75. The van der Waals surface area contributed by atoms with Crippen LogP contribution in [0, 0.1) is 0 Å². The second-order valence-corrected chi connectivity index (χ2v) is 4.49. The molecule has 0 aliphatic carbocycles. The summed E-state index contributed by atoms with van der Waals surface area (Å²) in [5.41, 5.74) is 6.63. The summed E-state index contributed by atoms with van der Waals surface area (Å²) in [4.78, 5) is 11.2. The fourth-order valence-electron chi connectivity index (χ4n) is 1.50. The van der Waals surface area contributed by atoms with E-state index in [0.29, 0.717) is 23.1 Å². The largest absolute Gasteiger partial charge is 0.466 e. The number of rotatable bonds is 5. The molecule has 3 nitrogen and oxygen atoms in total. The summed E-state index contributed by atoms with van der Waals surface area (Å²) >= 11 is 12.0. The molecule has 94 valence electrons. The molecule has 0 heterocycles. The van der Waals surface area contributed by atoms with Crippen molar-refractivity contribution in [3.63, 3.8) is 0 Å². The molecule has 2 N–H and O–H groups in total. The Hall–Kier alpha value is -0.770. The predicted octanol–water partition coefficient (Wildman–Crippen LogP) is 2.82. The molecule has 1 rings (SSSR count). The molecule has 0 radical (unpaired) electrons. The summed E-state index contributed by atoms with van der Waals surface area (Å²) in [5.74, 6) is -0.303. The van der Waals surface area contributed by atoms with Crippen molar-refractivity contribution in [1.82, 2.24) is 0 Å². The van der Waals surface area contributed by atoms with Gasteiger partial charge in [0.25, 0.3) is 0 Å². The third kappa shape index (κ3) is 4.54. The van der Waals surface area contributed by atoms with Gasteiger partial charge in [-0.15, -0.1) is 0 Å². The van der Waals surface area contributed by atoms with Crippen LogP contribution in [0.4, 0.5) is 0 Å². The molecule has 0 saturated carbocycles. The summed E-state index contributed by atoms with van der Waals surface area (Å²) in [6.07, 6.45) is 0.618. The zero-order chi connectivity index (χ0) is 12.8. The highest BCUT2D eigenvalue weighted by molar-refractivity contribution is 6.36. The van der Waals surface area contributed by atoms with E-state index in [-0.39, 0.29) is 18.4 Å². The van der Waals surface area contributed by atoms with E-state index in [9.17, 15) is 4.79 Å². The number of esters is 1. The molecule has 0 amide bonds. The molecule has 0 fully saturated rings. The van der Waals surface area contributed by atoms with Crippen LogP contribution in [0.3, 0.4) is 0 Å². The number of hydrogen-bond acceptors (Lipinski definition) is 3. The maximum atomic E-state index is 11.2. The molecule has 5 heteroatoms. The standard InChI is InChI=1S/C12H15Cl2NO2/c1-2-17-12(16)7-8(15)6-9-10(13)4-3-5-11(9)14/h3-5,8H,2,6-7,15H2,1H3. The second-order valence-electron chi connectivity index (χ2n) is 3.67. The van der Waals surface area contributed by atoms with Gasteiger partial charge in [0.05, 0.1) is 13.0 Å². The first kappa shape index (κ1) is 14.3. The molecule has 0 spiro atoms. The first-order valence-corrected chi connectivity index (χ1v) is 6.14. The fraction of sp³-hybridized carbons (Fsp3) is 0.417. The van der Waals surface area contributed by atoms with E-state index >= 15 is 0 Å². The van der Waals surface area contributed by atoms with Crippen molar-refractivity contribution in [3.8, 4) is 0 Å². The lowest BCUT2D eigenvalue weighted by atomic mass is 10.0. The Labute approximate surface area is 111 Å². The van der Waals surface area contributed by atoms with E-state index in [4.69, 9.17) is 33.7 Å². The van der Waals surface area contributed by atoms with Crippen molar-refractivity contribution in [3.05, 3.63) is 33.8 Å². The molecule has 1 atom stereocenters. The highest BCUT2D eigenvalue weighted by Gasteiger charge is 2.14. The number of nitrogens with two attached hydrogens (primary N) is 1. The van der Waals surface area contributed by atoms with Crippen LogP contribution in [0.5, 0.6) is 0 Å². The van der Waals surface area contributed by atoms with Gasteiger partial charge in [0, 0.05) is 16.1 Å². The van der Waals surface area contributed by atoms with Gasteiger partial charge in [0.1, 0.15) is 0 Å². The van der Waals surface area contributed by atoms with Gasteiger partial charge in [-0.3, -0.25) is 4.79 Å². The number of benzene rings is 1. The Bertz CT molecular complexity index is 376. The van der Waals surface area contributed by atoms with Crippen molar-refractivity contribution in [2.24, 2.45) is 5.73 Å². The van der Waals surface area contributed by atoms with Gasteiger partial charge in [-0.05, 0) is 31.0 Å². The smallest absolute Gasteiger partial charge is 0.307 e. The summed E-state index contributed by atoms with van der Waals surface area (Å²) in [7, 11) is 0. The average molecular weight is 276 g/mol. The summed E-state index contributed by atoms with van der Waals surface area (Å²) in [6.45, 7) is 2.12. The quantitative estimate of drug-likeness (QED) is 0.841. The highest BCUT2D eigenvalue weighted by Crippen LogP contribution is 2.25. The first-order valence-electron chi connectivity index (χ1n) is 5.38. The van der Waals surface area contributed by atoms with E-state index in [1.165, 1.54) is 0 Å². The van der Waals surface area contributed by atoms with E-state index < -0.39 is 0 Å².